The Morgan fingerprint density at radius 3 is 2.76 bits per heavy atom. The molecule has 0 spiro atoms. The molecule has 2 rings (SSSR count). The number of phenolic OH excluding ortho intramolecular Hbond substituents is 1. The Balaban J connectivity index is 0.00000144. The highest BCUT2D eigenvalue weighted by molar-refractivity contribution is 14.1. The van der Waals surface area contributed by atoms with Gasteiger partial charge in [0.05, 0.1) is 16.2 Å². The Kier molecular flexibility index (Phi) is 5.58. The van der Waals surface area contributed by atoms with E-state index in [0.29, 0.717) is 13.0 Å². The number of carbonyl (C=O) groups excluding carboxylic acids is 1. The van der Waals surface area contributed by atoms with Gasteiger partial charge < -0.3 is 15.2 Å². The van der Waals surface area contributed by atoms with Gasteiger partial charge in [0.25, 0.3) is 0 Å². The van der Waals surface area contributed by atoms with Crippen LogP contribution in [-0.2, 0) is 4.74 Å². The molecule has 1 aliphatic rings. The molecule has 1 heterocycles. The number of halogens is 3. The molecule has 0 radical (unpaired) electrons. The zero-order valence-electron chi connectivity index (χ0n) is 8.57. The Hall–Kier alpha value is 0.0400. The molecule has 2 N–H and O–H groups in total. The van der Waals surface area contributed by atoms with E-state index < -0.39 is 6.09 Å². The van der Waals surface area contributed by atoms with E-state index in [9.17, 15) is 9.90 Å². The fourth-order valence-electron chi connectivity index (χ4n) is 1.61. The minimum atomic E-state index is -0.426. The second kappa shape index (κ2) is 6.28. The van der Waals surface area contributed by atoms with Crippen LogP contribution in [0.25, 0.3) is 0 Å². The normalized spacial score (nSPS) is 18.9. The first-order valence-corrected chi connectivity index (χ1v) is 6.85. The smallest absolute Gasteiger partial charge is 0.407 e. The third-order valence-corrected chi connectivity index (χ3v) is 3.81. The van der Waals surface area contributed by atoms with Crippen molar-refractivity contribution >= 4 is 63.7 Å². The molecule has 0 saturated carbocycles. The van der Waals surface area contributed by atoms with Crippen LogP contribution in [0.2, 0.25) is 0 Å². The summed E-state index contributed by atoms with van der Waals surface area (Å²) < 4.78 is 6.62. The first-order chi connectivity index (χ1) is 7.58. The first-order valence-electron chi connectivity index (χ1n) is 4.69. The number of phenols is 1. The number of carbonyl (C=O) groups is 1. The molecule has 0 aliphatic carbocycles. The van der Waals surface area contributed by atoms with Gasteiger partial charge in [-0.25, -0.2) is 4.79 Å². The summed E-state index contributed by atoms with van der Waals surface area (Å²) in [6.07, 6.45) is 0.250. The summed E-state index contributed by atoms with van der Waals surface area (Å²) in [4.78, 5) is 11.1. The van der Waals surface area contributed by atoms with E-state index in [2.05, 4.69) is 50.5 Å². The highest BCUT2D eigenvalue weighted by Gasteiger charge is 2.24. The molecule has 4 nitrogen and oxygen atoms in total. The van der Waals surface area contributed by atoms with Crippen LogP contribution in [0.1, 0.15) is 18.0 Å². The number of hydrogen-bond donors (Lipinski definition) is 2. The predicted octanol–water partition coefficient (Wildman–Crippen LogP) is 3.19. The van der Waals surface area contributed by atoms with Crippen molar-refractivity contribution in [2.24, 2.45) is 0 Å². The Morgan fingerprint density at radius 2 is 2.12 bits per heavy atom. The van der Waals surface area contributed by atoms with E-state index in [-0.39, 0.29) is 24.2 Å². The van der Waals surface area contributed by atoms with Gasteiger partial charge in [-0.2, -0.15) is 0 Å². The van der Waals surface area contributed by atoms with Crippen LogP contribution in [0.4, 0.5) is 4.79 Å². The summed E-state index contributed by atoms with van der Waals surface area (Å²) in [6.45, 7) is 0.387. The fourth-order valence-corrected chi connectivity index (χ4v) is 3.50. The zero-order valence-corrected chi connectivity index (χ0v) is 13.7. The molecule has 0 bridgehead atoms. The third-order valence-electron chi connectivity index (χ3n) is 2.36. The first kappa shape index (κ1) is 15.1. The van der Waals surface area contributed by atoms with E-state index in [0.717, 1.165) is 12.7 Å². The predicted molar refractivity (Wildman–Crippen MR) is 82.6 cm³/mol. The average molecular weight is 481 g/mol. The number of ether oxygens (including phenoxy) is 1. The van der Waals surface area contributed by atoms with E-state index in [1.165, 1.54) is 0 Å². The summed E-state index contributed by atoms with van der Waals surface area (Å²) in [7, 11) is 0. The van der Waals surface area contributed by atoms with Crippen molar-refractivity contribution in [1.82, 2.24) is 5.32 Å². The Morgan fingerprint density at radius 1 is 1.41 bits per heavy atom. The molecular weight excluding hydrogens is 471 g/mol. The quantitative estimate of drug-likeness (QED) is 0.606. The van der Waals surface area contributed by atoms with Gasteiger partial charge in [-0.05, 0) is 57.3 Å². The molecule has 1 atom stereocenters. The maximum absolute atomic E-state index is 11.1. The lowest BCUT2D eigenvalue weighted by Crippen LogP contribution is -2.35. The number of cyclic esters (lactones) is 1. The summed E-state index contributed by atoms with van der Waals surface area (Å²) >= 11 is 4.27. The van der Waals surface area contributed by atoms with Gasteiger partial charge in [-0.3, -0.25) is 0 Å². The molecule has 7 heteroatoms. The molecule has 17 heavy (non-hydrogen) atoms. The summed E-state index contributed by atoms with van der Waals surface area (Å²) in [5.41, 5.74) is 0.757. The van der Waals surface area contributed by atoms with E-state index in [1.807, 2.05) is 12.1 Å². The summed E-state index contributed by atoms with van der Waals surface area (Å²) in [5.74, 6) is 0.244. The van der Waals surface area contributed by atoms with Crippen LogP contribution >= 0.6 is 57.6 Å². The van der Waals surface area contributed by atoms with Gasteiger partial charge in [0.1, 0.15) is 5.75 Å². The van der Waals surface area contributed by atoms with Gasteiger partial charge in [0.15, 0.2) is 0 Å². The van der Waals surface area contributed by atoms with Crippen LogP contribution in [-0.4, -0.2) is 17.8 Å². The van der Waals surface area contributed by atoms with Gasteiger partial charge in [-0.15, -0.1) is 12.4 Å². The number of rotatable bonds is 1. The number of nitrogens with one attached hydrogen (secondary N) is 1. The molecule has 1 fully saturated rings. The monoisotopic (exact) mass is 481 g/mol. The van der Waals surface area contributed by atoms with E-state index in [1.54, 1.807) is 0 Å². The largest absolute Gasteiger partial charge is 0.506 e. The lowest BCUT2D eigenvalue weighted by molar-refractivity contribution is 0.115. The number of alkyl carbamates (subject to hydrolysis) is 1. The standard InChI is InChI=1S/C10H9I2NO3.ClH/c11-5-3-6(9(14)7(12)4-5)8-1-2-16-10(15)13-8;/h3-4,8,14H,1-2H2,(H,13,15);1H/t8-;/m0./s1. The topological polar surface area (TPSA) is 58.6 Å². The minimum Gasteiger partial charge on any atom is -0.506 e. The second-order valence-electron chi connectivity index (χ2n) is 3.45. The van der Waals surface area contributed by atoms with E-state index >= 15 is 0 Å². The molecule has 1 aromatic carbocycles. The van der Waals surface area contributed by atoms with Crippen LogP contribution < -0.4 is 5.32 Å². The number of benzene rings is 1. The van der Waals surface area contributed by atoms with Crippen molar-refractivity contribution in [3.05, 3.63) is 24.8 Å². The summed E-state index contributed by atoms with van der Waals surface area (Å²) in [5, 5.41) is 12.7. The van der Waals surface area contributed by atoms with E-state index in [4.69, 9.17) is 4.74 Å². The van der Waals surface area contributed by atoms with Crippen LogP contribution in [0.15, 0.2) is 12.1 Å². The molecule has 1 saturated heterocycles. The lowest BCUT2D eigenvalue weighted by Gasteiger charge is -2.24. The SMILES string of the molecule is Cl.O=C1N[C@H](c2cc(I)cc(I)c2O)CCO1. The zero-order chi connectivity index (χ0) is 11.7. The van der Waals surface area contributed by atoms with Crippen molar-refractivity contribution < 1.29 is 14.6 Å². The van der Waals surface area contributed by atoms with Gasteiger partial charge in [0, 0.05) is 15.6 Å². The number of hydrogen-bond acceptors (Lipinski definition) is 3. The summed E-state index contributed by atoms with van der Waals surface area (Å²) in [6, 6.07) is 3.61. The van der Waals surface area contributed by atoms with Gasteiger partial charge in [0.2, 0.25) is 0 Å². The molecule has 1 amide bonds. The number of amides is 1. The molecular formula is C10H10ClI2NO3. The van der Waals surface area contributed by atoms with Crippen LogP contribution in [0.3, 0.4) is 0 Å². The molecule has 0 aromatic heterocycles. The third kappa shape index (κ3) is 3.50. The van der Waals surface area contributed by atoms with Gasteiger partial charge in [-0.1, -0.05) is 0 Å². The highest BCUT2D eigenvalue weighted by Crippen LogP contribution is 2.33. The fraction of sp³-hybridized carbons (Fsp3) is 0.300. The lowest BCUT2D eigenvalue weighted by atomic mass is 10.0. The maximum Gasteiger partial charge on any atom is 0.407 e. The molecule has 1 aromatic rings. The van der Waals surface area contributed by atoms with Gasteiger partial charge >= 0.3 is 6.09 Å². The Labute approximate surface area is 132 Å². The highest BCUT2D eigenvalue weighted by atomic mass is 127. The molecule has 0 unspecified atom stereocenters. The number of aromatic hydroxyl groups is 1. The maximum atomic E-state index is 11.1. The van der Waals surface area contributed by atoms with Crippen LogP contribution in [0.5, 0.6) is 5.75 Å². The van der Waals surface area contributed by atoms with Crippen molar-refractivity contribution in [1.29, 1.82) is 0 Å². The minimum absolute atomic E-state index is 0. The van der Waals surface area contributed by atoms with Crippen LogP contribution in [0, 0.1) is 7.14 Å². The van der Waals surface area contributed by atoms with Crippen molar-refractivity contribution in [3.63, 3.8) is 0 Å². The molecule has 1 aliphatic heterocycles. The Bertz CT molecular complexity index is 442. The van der Waals surface area contributed by atoms with Crippen molar-refractivity contribution in [3.8, 4) is 5.75 Å². The second-order valence-corrected chi connectivity index (χ2v) is 5.85. The van der Waals surface area contributed by atoms with Crippen molar-refractivity contribution in [2.45, 2.75) is 12.5 Å². The molecule has 94 valence electrons. The van der Waals surface area contributed by atoms with Crippen molar-refractivity contribution in [2.75, 3.05) is 6.61 Å². The average Bonchev–Trinajstić information content (AvgIpc) is 2.23.